The lowest BCUT2D eigenvalue weighted by Gasteiger charge is -2.29. The van der Waals surface area contributed by atoms with E-state index in [0.29, 0.717) is 12.3 Å². The molecule has 0 aromatic heterocycles. The molecule has 0 radical (unpaired) electrons. The van der Waals surface area contributed by atoms with E-state index in [1.165, 1.54) is 17.0 Å². The summed E-state index contributed by atoms with van der Waals surface area (Å²) in [6.07, 6.45) is -0.324. The number of ether oxygens (including phenoxy) is 2. The summed E-state index contributed by atoms with van der Waals surface area (Å²) < 4.78 is 37.8. The minimum atomic E-state index is -3.62. The molecule has 1 aliphatic heterocycles. The second-order valence-electron chi connectivity index (χ2n) is 5.70. The molecule has 1 aromatic rings. The van der Waals surface area contributed by atoms with Crippen LogP contribution >= 0.6 is 0 Å². The van der Waals surface area contributed by atoms with Crippen LogP contribution in [0.15, 0.2) is 29.2 Å². The van der Waals surface area contributed by atoms with Crippen LogP contribution in [0.2, 0.25) is 0 Å². The van der Waals surface area contributed by atoms with Gasteiger partial charge in [0.05, 0.1) is 17.1 Å². The van der Waals surface area contributed by atoms with E-state index in [0.717, 1.165) is 0 Å². The zero-order valence-electron chi connectivity index (χ0n) is 13.5. The fourth-order valence-corrected chi connectivity index (χ4v) is 3.20. The lowest BCUT2D eigenvalue weighted by molar-refractivity contribution is -0.146. The van der Waals surface area contributed by atoms with E-state index in [1.54, 1.807) is 19.2 Å². The van der Waals surface area contributed by atoms with Crippen LogP contribution in [-0.4, -0.2) is 58.2 Å². The highest BCUT2D eigenvalue weighted by molar-refractivity contribution is 7.89. The maximum atomic E-state index is 12.3. The van der Waals surface area contributed by atoms with Crippen LogP contribution in [0.1, 0.15) is 13.8 Å². The van der Waals surface area contributed by atoms with Crippen molar-refractivity contribution in [2.45, 2.75) is 31.0 Å². The minimum absolute atomic E-state index is 0.0237. The van der Waals surface area contributed by atoms with Crippen molar-refractivity contribution in [1.29, 1.82) is 0 Å². The summed E-state index contributed by atoms with van der Waals surface area (Å²) in [5, 5.41) is 0. The van der Waals surface area contributed by atoms with Gasteiger partial charge in [-0.1, -0.05) is 0 Å². The number of benzene rings is 1. The third-order valence-corrected chi connectivity index (χ3v) is 4.79. The van der Waals surface area contributed by atoms with Crippen LogP contribution in [0.3, 0.4) is 0 Å². The molecule has 0 bridgehead atoms. The second kappa shape index (κ2) is 7.29. The molecule has 1 amide bonds. The van der Waals surface area contributed by atoms with E-state index in [-0.39, 0.29) is 36.2 Å². The standard InChI is InChI=1S/C15H22N2O5S/c1-11(2)22-12-4-6-14(7-5-12)23(19,20)16-8-13-9-17(3)15(18)10-21-13/h4-7,11,13,16H,8-10H2,1-3H3. The number of morpholine rings is 1. The summed E-state index contributed by atoms with van der Waals surface area (Å²) in [6, 6.07) is 6.24. The number of amides is 1. The summed E-state index contributed by atoms with van der Waals surface area (Å²) in [6.45, 7) is 4.26. The SMILES string of the molecule is CC(C)Oc1ccc(S(=O)(=O)NCC2CN(C)C(=O)CO2)cc1. The largest absolute Gasteiger partial charge is 0.491 e. The van der Waals surface area contributed by atoms with Crippen LogP contribution in [0.4, 0.5) is 0 Å². The fourth-order valence-electron chi connectivity index (χ4n) is 2.14. The van der Waals surface area contributed by atoms with Crippen molar-refractivity contribution in [3.05, 3.63) is 24.3 Å². The van der Waals surface area contributed by atoms with Gasteiger partial charge >= 0.3 is 0 Å². The molecule has 2 rings (SSSR count). The number of hydrogen-bond donors (Lipinski definition) is 1. The van der Waals surface area contributed by atoms with Gasteiger partial charge in [0.15, 0.2) is 0 Å². The Morgan fingerprint density at radius 1 is 1.35 bits per heavy atom. The average molecular weight is 342 g/mol. The first-order valence-corrected chi connectivity index (χ1v) is 8.88. The van der Waals surface area contributed by atoms with E-state index >= 15 is 0 Å². The molecular weight excluding hydrogens is 320 g/mol. The topological polar surface area (TPSA) is 84.9 Å². The first-order chi connectivity index (χ1) is 10.8. The van der Waals surface area contributed by atoms with E-state index in [1.807, 2.05) is 13.8 Å². The smallest absolute Gasteiger partial charge is 0.248 e. The van der Waals surface area contributed by atoms with Gasteiger partial charge in [-0.05, 0) is 38.1 Å². The molecule has 7 nitrogen and oxygen atoms in total. The van der Waals surface area contributed by atoms with Crippen LogP contribution < -0.4 is 9.46 Å². The Hall–Kier alpha value is -1.64. The molecule has 1 heterocycles. The highest BCUT2D eigenvalue weighted by atomic mass is 32.2. The van der Waals surface area contributed by atoms with E-state index in [9.17, 15) is 13.2 Å². The molecule has 1 N–H and O–H groups in total. The monoisotopic (exact) mass is 342 g/mol. The second-order valence-corrected chi connectivity index (χ2v) is 7.46. The van der Waals surface area contributed by atoms with E-state index < -0.39 is 10.0 Å². The number of likely N-dealkylation sites (N-methyl/N-ethyl adjacent to an activating group) is 1. The number of nitrogens with zero attached hydrogens (tertiary/aromatic N) is 1. The number of hydrogen-bond acceptors (Lipinski definition) is 5. The zero-order chi connectivity index (χ0) is 17.0. The Bertz CT molecular complexity index is 642. The molecule has 0 spiro atoms. The first-order valence-electron chi connectivity index (χ1n) is 7.40. The van der Waals surface area contributed by atoms with Gasteiger partial charge in [0.25, 0.3) is 0 Å². The van der Waals surface area contributed by atoms with Gasteiger partial charge in [-0.15, -0.1) is 0 Å². The third-order valence-electron chi connectivity index (χ3n) is 3.35. The molecule has 128 valence electrons. The Balaban J connectivity index is 1.95. The van der Waals surface area contributed by atoms with Gasteiger partial charge in [0.1, 0.15) is 12.4 Å². The summed E-state index contributed by atoms with van der Waals surface area (Å²) >= 11 is 0. The molecule has 8 heteroatoms. The van der Waals surface area contributed by atoms with Crippen molar-refractivity contribution in [2.24, 2.45) is 0 Å². The van der Waals surface area contributed by atoms with Gasteiger partial charge in [0, 0.05) is 20.1 Å². The molecule has 1 aliphatic rings. The number of carbonyl (C=O) groups is 1. The number of carbonyl (C=O) groups excluding carboxylic acids is 1. The first kappa shape index (κ1) is 17.7. The molecule has 1 saturated heterocycles. The zero-order valence-corrected chi connectivity index (χ0v) is 14.3. The number of sulfonamides is 1. The highest BCUT2D eigenvalue weighted by Crippen LogP contribution is 2.17. The molecule has 1 unspecified atom stereocenters. The van der Waals surface area contributed by atoms with Crippen molar-refractivity contribution in [3.63, 3.8) is 0 Å². The Morgan fingerprint density at radius 2 is 2.00 bits per heavy atom. The minimum Gasteiger partial charge on any atom is -0.491 e. The molecule has 0 aliphatic carbocycles. The summed E-state index contributed by atoms with van der Waals surface area (Å²) in [7, 11) is -1.96. The molecule has 0 saturated carbocycles. The molecular formula is C15H22N2O5S. The fraction of sp³-hybridized carbons (Fsp3) is 0.533. The van der Waals surface area contributed by atoms with Crippen LogP contribution in [-0.2, 0) is 19.6 Å². The lowest BCUT2D eigenvalue weighted by Crippen LogP contribution is -2.48. The van der Waals surface area contributed by atoms with Gasteiger partial charge < -0.3 is 14.4 Å². The van der Waals surface area contributed by atoms with Crippen molar-refractivity contribution in [2.75, 3.05) is 26.7 Å². The quantitative estimate of drug-likeness (QED) is 0.819. The predicted molar refractivity (Wildman–Crippen MR) is 84.8 cm³/mol. The Labute approximate surface area is 136 Å². The average Bonchev–Trinajstić information content (AvgIpc) is 2.48. The lowest BCUT2D eigenvalue weighted by atomic mass is 10.3. The molecule has 1 atom stereocenters. The van der Waals surface area contributed by atoms with Gasteiger partial charge in [-0.2, -0.15) is 0 Å². The van der Waals surface area contributed by atoms with Gasteiger partial charge in [-0.3, -0.25) is 4.79 Å². The van der Waals surface area contributed by atoms with Gasteiger partial charge in [0.2, 0.25) is 15.9 Å². The summed E-state index contributed by atoms with van der Waals surface area (Å²) in [5.74, 6) is 0.513. The van der Waals surface area contributed by atoms with Crippen molar-refractivity contribution < 1.29 is 22.7 Å². The van der Waals surface area contributed by atoms with Gasteiger partial charge in [-0.25, -0.2) is 13.1 Å². The normalized spacial score (nSPS) is 19.2. The Morgan fingerprint density at radius 3 is 2.57 bits per heavy atom. The summed E-state index contributed by atoms with van der Waals surface area (Å²) in [4.78, 5) is 13.0. The highest BCUT2D eigenvalue weighted by Gasteiger charge is 2.25. The molecule has 1 fully saturated rings. The Kier molecular flexibility index (Phi) is 5.61. The number of rotatable bonds is 6. The van der Waals surface area contributed by atoms with Crippen LogP contribution in [0.5, 0.6) is 5.75 Å². The molecule has 23 heavy (non-hydrogen) atoms. The van der Waals surface area contributed by atoms with E-state index in [4.69, 9.17) is 9.47 Å². The number of nitrogens with one attached hydrogen (secondary N) is 1. The summed E-state index contributed by atoms with van der Waals surface area (Å²) in [5.41, 5.74) is 0. The molecule has 1 aromatic carbocycles. The predicted octanol–water partition coefficient (Wildman–Crippen LogP) is 0.609. The van der Waals surface area contributed by atoms with Crippen molar-refractivity contribution >= 4 is 15.9 Å². The van der Waals surface area contributed by atoms with Crippen LogP contribution in [0, 0.1) is 0 Å². The van der Waals surface area contributed by atoms with E-state index in [2.05, 4.69) is 4.72 Å². The maximum Gasteiger partial charge on any atom is 0.248 e. The third kappa shape index (κ3) is 4.92. The van der Waals surface area contributed by atoms with Crippen molar-refractivity contribution in [3.8, 4) is 5.75 Å². The van der Waals surface area contributed by atoms with Crippen LogP contribution in [0.25, 0.3) is 0 Å². The maximum absolute atomic E-state index is 12.3. The van der Waals surface area contributed by atoms with Crippen molar-refractivity contribution in [1.82, 2.24) is 9.62 Å².